The van der Waals surface area contributed by atoms with E-state index in [0.29, 0.717) is 9.90 Å². The van der Waals surface area contributed by atoms with Crippen molar-refractivity contribution in [3.05, 3.63) is 20.8 Å². The van der Waals surface area contributed by atoms with Crippen LogP contribution in [0.5, 0.6) is 0 Å². The van der Waals surface area contributed by atoms with Crippen LogP contribution in [0.3, 0.4) is 0 Å². The van der Waals surface area contributed by atoms with Gasteiger partial charge in [0.05, 0.1) is 5.02 Å². The number of nitrogens with one attached hydrogen (secondary N) is 1. The molecule has 1 unspecified atom stereocenters. The smallest absolute Gasteiger partial charge is 0.326 e. The number of thiophene rings is 1. The molecule has 92 valence electrons. The van der Waals surface area contributed by atoms with E-state index < -0.39 is 17.9 Å². The molecular weight excluding hydrogens is 262 g/mol. The summed E-state index contributed by atoms with van der Waals surface area (Å²) < 4.78 is 0. The zero-order valence-electron chi connectivity index (χ0n) is 9.20. The summed E-state index contributed by atoms with van der Waals surface area (Å²) in [6.45, 7) is 1.81. The minimum absolute atomic E-state index is 0.0660. The monoisotopic (exact) mass is 273 g/mol. The SMILES string of the molecule is Cc1csc(C(=O)NC(C(=O)O)C2CC2)c1Cl. The Labute approximate surface area is 108 Å². The molecule has 1 atom stereocenters. The third kappa shape index (κ3) is 2.61. The normalized spacial score (nSPS) is 16.6. The van der Waals surface area contributed by atoms with Crippen molar-refractivity contribution in [3.8, 4) is 0 Å². The number of halogens is 1. The quantitative estimate of drug-likeness (QED) is 0.885. The lowest BCUT2D eigenvalue weighted by Gasteiger charge is -2.12. The lowest BCUT2D eigenvalue weighted by molar-refractivity contribution is -0.139. The number of carbonyl (C=O) groups excluding carboxylic acids is 1. The van der Waals surface area contributed by atoms with Crippen molar-refractivity contribution in [3.63, 3.8) is 0 Å². The topological polar surface area (TPSA) is 66.4 Å². The van der Waals surface area contributed by atoms with Crippen LogP contribution in [-0.4, -0.2) is 23.0 Å². The molecular formula is C11H12ClNO3S. The van der Waals surface area contributed by atoms with E-state index in [1.54, 1.807) is 5.38 Å². The Morgan fingerprint density at radius 1 is 1.59 bits per heavy atom. The first-order valence-corrected chi connectivity index (χ1v) is 6.53. The summed E-state index contributed by atoms with van der Waals surface area (Å²) in [7, 11) is 0. The van der Waals surface area contributed by atoms with Crippen LogP contribution in [0.15, 0.2) is 5.38 Å². The van der Waals surface area contributed by atoms with Crippen molar-refractivity contribution in [2.24, 2.45) is 5.92 Å². The number of carbonyl (C=O) groups is 2. The standard InChI is InChI=1S/C11H12ClNO3S/c1-5-4-17-9(7(5)12)10(14)13-8(11(15)16)6-2-3-6/h4,6,8H,2-3H2,1H3,(H,13,14)(H,15,16). The van der Waals surface area contributed by atoms with Gasteiger partial charge in [-0.1, -0.05) is 11.6 Å². The van der Waals surface area contributed by atoms with Crippen molar-refractivity contribution < 1.29 is 14.7 Å². The highest BCUT2D eigenvalue weighted by atomic mass is 35.5. The second-order valence-corrected chi connectivity index (χ2v) is 5.45. The number of amides is 1. The predicted octanol–water partition coefficient (Wildman–Crippen LogP) is 2.30. The van der Waals surface area contributed by atoms with Crippen LogP contribution in [-0.2, 0) is 4.79 Å². The largest absolute Gasteiger partial charge is 0.480 e. The van der Waals surface area contributed by atoms with E-state index in [9.17, 15) is 9.59 Å². The van der Waals surface area contributed by atoms with Crippen LogP contribution in [0.4, 0.5) is 0 Å². The zero-order valence-corrected chi connectivity index (χ0v) is 10.8. The summed E-state index contributed by atoms with van der Waals surface area (Å²) in [4.78, 5) is 23.3. The minimum Gasteiger partial charge on any atom is -0.480 e. The number of hydrogen-bond donors (Lipinski definition) is 2. The molecule has 4 nitrogen and oxygen atoms in total. The molecule has 1 heterocycles. The predicted molar refractivity (Wildman–Crippen MR) is 65.7 cm³/mol. The molecule has 0 saturated heterocycles. The molecule has 1 aliphatic carbocycles. The van der Waals surface area contributed by atoms with Gasteiger partial charge in [0.2, 0.25) is 0 Å². The van der Waals surface area contributed by atoms with Gasteiger partial charge in [0.25, 0.3) is 5.91 Å². The summed E-state index contributed by atoms with van der Waals surface area (Å²) in [6.07, 6.45) is 1.71. The maximum atomic E-state index is 11.9. The van der Waals surface area contributed by atoms with E-state index in [4.69, 9.17) is 16.7 Å². The van der Waals surface area contributed by atoms with Crippen LogP contribution in [0.1, 0.15) is 28.1 Å². The van der Waals surface area contributed by atoms with Gasteiger partial charge in [-0.25, -0.2) is 4.79 Å². The molecule has 2 N–H and O–H groups in total. The Balaban J connectivity index is 2.10. The Morgan fingerprint density at radius 2 is 2.24 bits per heavy atom. The van der Waals surface area contributed by atoms with Crippen LogP contribution < -0.4 is 5.32 Å². The molecule has 0 aliphatic heterocycles. The molecule has 1 fully saturated rings. The van der Waals surface area contributed by atoms with Crippen molar-refractivity contribution >= 4 is 34.8 Å². The lowest BCUT2D eigenvalue weighted by atomic mass is 10.2. The van der Waals surface area contributed by atoms with E-state index in [-0.39, 0.29) is 5.92 Å². The third-order valence-corrected chi connectivity index (χ3v) is 4.45. The summed E-state index contributed by atoms with van der Waals surface area (Å²) in [5.74, 6) is -1.31. The highest BCUT2D eigenvalue weighted by Crippen LogP contribution is 2.33. The second kappa shape index (κ2) is 4.66. The van der Waals surface area contributed by atoms with Gasteiger partial charge in [0.15, 0.2) is 0 Å². The fraction of sp³-hybridized carbons (Fsp3) is 0.455. The van der Waals surface area contributed by atoms with Crippen molar-refractivity contribution in [1.82, 2.24) is 5.32 Å². The van der Waals surface area contributed by atoms with Crippen molar-refractivity contribution in [2.75, 3.05) is 0 Å². The molecule has 2 rings (SSSR count). The molecule has 1 aliphatic rings. The maximum absolute atomic E-state index is 11.9. The zero-order chi connectivity index (χ0) is 12.6. The third-order valence-electron chi connectivity index (χ3n) is 2.75. The van der Waals surface area contributed by atoms with Crippen LogP contribution in [0.2, 0.25) is 5.02 Å². The van der Waals surface area contributed by atoms with Gasteiger partial charge in [-0.05, 0) is 36.6 Å². The number of carboxylic acids is 1. The van der Waals surface area contributed by atoms with Crippen molar-refractivity contribution in [1.29, 1.82) is 0 Å². The number of aryl methyl sites for hydroxylation is 1. The summed E-state index contributed by atoms with van der Waals surface area (Å²) in [6, 6.07) is -0.791. The van der Waals surface area contributed by atoms with Crippen LogP contribution in [0.25, 0.3) is 0 Å². The molecule has 0 radical (unpaired) electrons. The summed E-state index contributed by atoms with van der Waals surface area (Å²) >= 11 is 7.20. The number of hydrogen-bond acceptors (Lipinski definition) is 3. The van der Waals surface area contributed by atoms with E-state index in [2.05, 4.69) is 5.32 Å². The van der Waals surface area contributed by atoms with Crippen molar-refractivity contribution in [2.45, 2.75) is 25.8 Å². The first-order valence-electron chi connectivity index (χ1n) is 5.28. The molecule has 6 heteroatoms. The van der Waals surface area contributed by atoms with E-state index in [1.165, 1.54) is 11.3 Å². The van der Waals surface area contributed by atoms with E-state index in [1.807, 2.05) is 6.92 Å². The van der Waals surface area contributed by atoms with Crippen LogP contribution in [0, 0.1) is 12.8 Å². The lowest BCUT2D eigenvalue weighted by Crippen LogP contribution is -2.42. The Bertz CT molecular complexity index is 467. The Hall–Kier alpha value is -1.07. The van der Waals surface area contributed by atoms with E-state index >= 15 is 0 Å². The van der Waals surface area contributed by atoms with Gasteiger partial charge in [0.1, 0.15) is 10.9 Å². The van der Waals surface area contributed by atoms with Gasteiger partial charge in [-0.15, -0.1) is 11.3 Å². The van der Waals surface area contributed by atoms with Crippen LogP contribution >= 0.6 is 22.9 Å². The number of aliphatic carboxylic acids is 1. The highest BCUT2D eigenvalue weighted by molar-refractivity contribution is 7.13. The Kier molecular flexibility index (Phi) is 3.40. The average Bonchev–Trinajstić information content (AvgIpc) is 3.04. The molecule has 17 heavy (non-hydrogen) atoms. The molecule has 1 saturated carbocycles. The minimum atomic E-state index is -0.981. The second-order valence-electron chi connectivity index (χ2n) is 4.19. The number of carboxylic acid groups (broad SMARTS) is 1. The molecule has 0 aromatic carbocycles. The highest BCUT2D eigenvalue weighted by Gasteiger charge is 2.37. The molecule has 1 aromatic heterocycles. The van der Waals surface area contributed by atoms with Gasteiger partial charge in [-0.3, -0.25) is 4.79 Å². The number of rotatable bonds is 4. The first-order chi connectivity index (χ1) is 8.00. The van der Waals surface area contributed by atoms with Gasteiger partial charge >= 0.3 is 5.97 Å². The van der Waals surface area contributed by atoms with Gasteiger partial charge in [-0.2, -0.15) is 0 Å². The van der Waals surface area contributed by atoms with Gasteiger partial charge in [0, 0.05) is 0 Å². The maximum Gasteiger partial charge on any atom is 0.326 e. The Morgan fingerprint density at radius 3 is 2.65 bits per heavy atom. The molecule has 1 amide bonds. The van der Waals surface area contributed by atoms with Gasteiger partial charge < -0.3 is 10.4 Å². The summed E-state index contributed by atoms with van der Waals surface area (Å²) in [5.41, 5.74) is 0.833. The average molecular weight is 274 g/mol. The van der Waals surface area contributed by atoms with E-state index in [0.717, 1.165) is 18.4 Å². The molecule has 0 bridgehead atoms. The fourth-order valence-electron chi connectivity index (χ4n) is 1.60. The molecule has 1 aromatic rings. The molecule has 0 spiro atoms. The fourth-order valence-corrected chi connectivity index (χ4v) is 2.78. The first kappa shape index (κ1) is 12.4. The summed E-state index contributed by atoms with van der Waals surface area (Å²) in [5, 5.41) is 13.7.